The van der Waals surface area contributed by atoms with Gasteiger partial charge in [-0.3, -0.25) is 14.9 Å². The van der Waals surface area contributed by atoms with E-state index in [0.29, 0.717) is 23.0 Å². The van der Waals surface area contributed by atoms with Crippen LogP contribution in [0.1, 0.15) is 39.9 Å². The lowest BCUT2D eigenvalue weighted by Crippen LogP contribution is -2.27. The average molecular weight is 436 g/mol. The summed E-state index contributed by atoms with van der Waals surface area (Å²) in [6.07, 6.45) is 1.19. The fourth-order valence-electron chi connectivity index (χ4n) is 3.61. The Labute approximate surface area is 185 Å². The summed E-state index contributed by atoms with van der Waals surface area (Å²) in [5, 5.41) is 8.17. The first-order valence-corrected chi connectivity index (χ1v) is 11.2. The predicted octanol–water partition coefficient (Wildman–Crippen LogP) is 5.11. The van der Waals surface area contributed by atoms with Gasteiger partial charge in [-0.15, -0.1) is 11.3 Å². The molecule has 2 aromatic carbocycles. The normalized spacial score (nSPS) is 15.6. The standard InChI is InChI=1S/C24H25N3O3S/c1-14-10-16(3)19(11-15(14)2)20-13-31-24(26-20)27-22(28)17-6-4-7-18(12-17)25-23(29)21-8-5-9-30-21/h4,6-7,10-13,21H,5,8-9H2,1-3H3,(H,25,29)(H,26,27,28). The Hall–Kier alpha value is -3.03. The molecule has 4 rings (SSSR count). The van der Waals surface area contributed by atoms with Crippen molar-refractivity contribution in [2.45, 2.75) is 39.7 Å². The first-order chi connectivity index (χ1) is 14.9. The van der Waals surface area contributed by atoms with E-state index in [1.807, 2.05) is 5.38 Å². The number of anilines is 2. The van der Waals surface area contributed by atoms with E-state index in [1.54, 1.807) is 24.3 Å². The quantitative estimate of drug-likeness (QED) is 0.584. The van der Waals surface area contributed by atoms with Crippen molar-refractivity contribution >= 4 is 34.0 Å². The number of aryl methyl sites for hydroxylation is 3. The molecule has 2 amide bonds. The second-order valence-corrected chi connectivity index (χ2v) is 8.67. The first-order valence-electron chi connectivity index (χ1n) is 10.3. The van der Waals surface area contributed by atoms with Crippen LogP contribution >= 0.6 is 11.3 Å². The molecule has 1 aromatic heterocycles. The maximum absolute atomic E-state index is 12.7. The lowest BCUT2D eigenvalue weighted by atomic mass is 9.99. The van der Waals surface area contributed by atoms with Crippen molar-refractivity contribution < 1.29 is 14.3 Å². The molecule has 2 N–H and O–H groups in total. The number of nitrogens with one attached hydrogen (secondary N) is 2. The Morgan fingerprint density at radius 2 is 1.87 bits per heavy atom. The van der Waals surface area contributed by atoms with E-state index in [2.05, 4.69) is 48.5 Å². The van der Waals surface area contributed by atoms with Gasteiger partial charge in [0, 0.05) is 28.8 Å². The minimum absolute atomic E-state index is 0.177. The number of ether oxygens (including phenoxy) is 1. The van der Waals surface area contributed by atoms with Gasteiger partial charge in [0.1, 0.15) is 6.10 Å². The van der Waals surface area contributed by atoms with Gasteiger partial charge in [-0.05, 0) is 74.6 Å². The van der Waals surface area contributed by atoms with Crippen LogP contribution in [-0.4, -0.2) is 29.5 Å². The number of aromatic nitrogens is 1. The van der Waals surface area contributed by atoms with Crippen molar-refractivity contribution in [1.82, 2.24) is 4.98 Å². The van der Waals surface area contributed by atoms with Crippen molar-refractivity contribution in [1.29, 1.82) is 0 Å². The fraction of sp³-hybridized carbons (Fsp3) is 0.292. The van der Waals surface area contributed by atoms with Gasteiger partial charge in [0.2, 0.25) is 0 Å². The number of thiazole rings is 1. The molecule has 0 bridgehead atoms. The molecule has 7 heteroatoms. The summed E-state index contributed by atoms with van der Waals surface area (Å²) in [6.45, 7) is 6.85. The number of carbonyl (C=O) groups excluding carboxylic acids is 2. The maximum Gasteiger partial charge on any atom is 0.257 e. The Balaban J connectivity index is 1.45. The Morgan fingerprint density at radius 3 is 2.65 bits per heavy atom. The van der Waals surface area contributed by atoms with E-state index in [-0.39, 0.29) is 11.8 Å². The molecule has 0 saturated carbocycles. The third-order valence-electron chi connectivity index (χ3n) is 5.46. The average Bonchev–Trinajstić information content (AvgIpc) is 3.43. The summed E-state index contributed by atoms with van der Waals surface area (Å²) in [4.78, 5) is 29.6. The number of nitrogens with zero attached hydrogens (tertiary/aromatic N) is 1. The number of carbonyl (C=O) groups is 2. The number of amides is 2. The van der Waals surface area contributed by atoms with Crippen molar-refractivity contribution in [2.24, 2.45) is 0 Å². The largest absolute Gasteiger partial charge is 0.368 e. The van der Waals surface area contributed by atoms with Crippen LogP contribution in [0.2, 0.25) is 0 Å². The molecule has 160 valence electrons. The van der Waals surface area contributed by atoms with Crippen LogP contribution in [0.3, 0.4) is 0 Å². The lowest BCUT2D eigenvalue weighted by Gasteiger charge is -2.11. The second-order valence-electron chi connectivity index (χ2n) is 7.82. The molecular weight excluding hydrogens is 410 g/mol. The van der Waals surface area contributed by atoms with Gasteiger partial charge in [0.05, 0.1) is 5.69 Å². The van der Waals surface area contributed by atoms with Gasteiger partial charge in [-0.2, -0.15) is 0 Å². The van der Waals surface area contributed by atoms with Crippen LogP contribution < -0.4 is 10.6 Å². The minimum Gasteiger partial charge on any atom is -0.368 e. The second kappa shape index (κ2) is 8.99. The molecular formula is C24H25N3O3S. The molecule has 1 unspecified atom stereocenters. The zero-order valence-corrected chi connectivity index (χ0v) is 18.6. The van der Waals surface area contributed by atoms with E-state index >= 15 is 0 Å². The van der Waals surface area contributed by atoms with Crippen LogP contribution in [0, 0.1) is 20.8 Å². The van der Waals surface area contributed by atoms with E-state index < -0.39 is 6.10 Å². The molecule has 0 radical (unpaired) electrons. The predicted molar refractivity (Wildman–Crippen MR) is 124 cm³/mol. The van der Waals surface area contributed by atoms with Gasteiger partial charge >= 0.3 is 0 Å². The zero-order chi connectivity index (χ0) is 22.0. The molecule has 1 aliphatic heterocycles. The van der Waals surface area contributed by atoms with E-state index in [1.165, 1.54) is 22.5 Å². The van der Waals surface area contributed by atoms with Crippen LogP contribution in [0.25, 0.3) is 11.3 Å². The minimum atomic E-state index is -0.417. The van der Waals surface area contributed by atoms with E-state index in [9.17, 15) is 9.59 Å². The van der Waals surface area contributed by atoms with Crippen LogP contribution in [0.4, 0.5) is 10.8 Å². The van der Waals surface area contributed by atoms with Gasteiger partial charge in [0.15, 0.2) is 5.13 Å². The smallest absolute Gasteiger partial charge is 0.257 e. The molecule has 2 heterocycles. The highest BCUT2D eigenvalue weighted by atomic mass is 32.1. The van der Waals surface area contributed by atoms with Crippen molar-refractivity contribution in [3.05, 3.63) is 64.0 Å². The first kappa shape index (κ1) is 21.2. The lowest BCUT2D eigenvalue weighted by molar-refractivity contribution is -0.124. The number of benzene rings is 2. The molecule has 1 fully saturated rings. The Kier molecular flexibility index (Phi) is 6.15. The van der Waals surface area contributed by atoms with E-state index in [4.69, 9.17) is 4.74 Å². The van der Waals surface area contributed by atoms with Gasteiger partial charge in [0.25, 0.3) is 11.8 Å². The number of hydrogen-bond donors (Lipinski definition) is 2. The van der Waals surface area contributed by atoms with Crippen molar-refractivity contribution in [2.75, 3.05) is 17.2 Å². The maximum atomic E-state index is 12.7. The summed E-state index contributed by atoms with van der Waals surface area (Å²) in [6, 6.07) is 11.1. The van der Waals surface area contributed by atoms with Gasteiger partial charge < -0.3 is 10.1 Å². The Morgan fingerprint density at radius 1 is 1.06 bits per heavy atom. The van der Waals surface area contributed by atoms with Crippen molar-refractivity contribution in [3.8, 4) is 11.3 Å². The zero-order valence-electron chi connectivity index (χ0n) is 17.8. The molecule has 6 nitrogen and oxygen atoms in total. The SMILES string of the molecule is Cc1cc(C)c(-c2csc(NC(=O)c3cccc(NC(=O)C4CCCO4)c3)n2)cc1C. The summed E-state index contributed by atoms with van der Waals surface area (Å²) < 4.78 is 5.41. The molecule has 3 aromatic rings. The summed E-state index contributed by atoms with van der Waals surface area (Å²) in [5.74, 6) is -0.450. The van der Waals surface area contributed by atoms with Gasteiger partial charge in [-0.25, -0.2) is 4.98 Å². The summed E-state index contributed by atoms with van der Waals surface area (Å²) in [7, 11) is 0. The molecule has 1 saturated heterocycles. The van der Waals surface area contributed by atoms with E-state index in [0.717, 1.165) is 29.7 Å². The highest BCUT2D eigenvalue weighted by molar-refractivity contribution is 7.14. The van der Waals surface area contributed by atoms with Crippen molar-refractivity contribution in [3.63, 3.8) is 0 Å². The molecule has 0 aliphatic carbocycles. The monoisotopic (exact) mass is 435 g/mol. The topological polar surface area (TPSA) is 80.3 Å². The fourth-order valence-corrected chi connectivity index (χ4v) is 4.31. The molecule has 0 spiro atoms. The summed E-state index contributed by atoms with van der Waals surface area (Å²) in [5.41, 5.74) is 6.54. The van der Waals surface area contributed by atoms with Crippen LogP contribution in [-0.2, 0) is 9.53 Å². The number of hydrogen-bond acceptors (Lipinski definition) is 5. The Bertz CT molecular complexity index is 1130. The molecule has 31 heavy (non-hydrogen) atoms. The van der Waals surface area contributed by atoms with Gasteiger partial charge in [-0.1, -0.05) is 12.1 Å². The molecule has 1 atom stereocenters. The highest BCUT2D eigenvalue weighted by Crippen LogP contribution is 2.29. The number of rotatable bonds is 5. The molecule has 1 aliphatic rings. The van der Waals surface area contributed by atoms with Crippen LogP contribution in [0.15, 0.2) is 41.8 Å². The third-order valence-corrected chi connectivity index (χ3v) is 6.21. The van der Waals surface area contributed by atoms with Crippen LogP contribution in [0.5, 0.6) is 0 Å². The third kappa shape index (κ3) is 4.84. The summed E-state index contributed by atoms with van der Waals surface area (Å²) >= 11 is 1.39. The highest BCUT2D eigenvalue weighted by Gasteiger charge is 2.23.